The highest BCUT2D eigenvalue weighted by Gasteiger charge is 2.27. The lowest BCUT2D eigenvalue weighted by Gasteiger charge is -2.37. The summed E-state index contributed by atoms with van der Waals surface area (Å²) in [5.41, 5.74) is 1.12. The monoisotopic (exact) mass is 408 g/mol. The summed E-state index contributed by atoms with van der Waals surface area (Å²) in [6.07, 6.45) is 0.806. The molecule has 0 spiro atoms. The van der Waals surface area contributed by atoms with Gasteiger partial charge in [0.1, 0.15) is 0 Å². The van der Waals surface area contributed by atoms with Gasteiger partial charge >= 0.3 is 0 Å². The molecule has 3 rings (SSSR count). The van der Waals surface area contributed by atoms with Crippen LogP contribution in [-0.4, -0.2) is 42.2 Å². The zero-order valence-corrected chi connectivity index (χ0v) is 17.0. The van der Waals surface area contributed by atoms with E-state index in [4.69, 9.17) is 23.2 Å². The van der Waals surface area contributed by atoms with Crippen molar-refractivity contribution in [2.75, 3.05) is 31.1 Å². The molecule has 26 heavy (non-hydrogen) atoms. The van der Waals surface area contributed by atoms with Crippen LogP contribution in [0.5, 0.6) is 0 Å². The zero-order valence-electron chi connectivity index (χ0n) is 14.7. The first-order valence-electron chi connectivity index (χ1n) is 8.78. The zero-order chi connectivity index (χ0) is 18.5. The second-order valence-corrected chi connectivity index (χ2v) is 8.41. The molecule has 1 unspecified atom stereocenters. The predicted molar refractivity (Wildman–Crippen MR) is 112 cm³/mol. The molecule has 1 heterocycles. The van der Waals surface area contributed by atoms with Crippen molar-refractivity contribution in [1.82, 2.24) is 4.90 Å². The Morgan fingerprint density at radius 3 is 2.35 bits per heavy atom. The minimum absolute atomic E-state index is 0.0612. The van der Waals surface area contributed by atoms with Crippen molar-refractivity contribution in [2.24, 2.45) is 0 Å². The Bertz CT molecular complexity index is 746. The highest BCUT2D eigenvalue weighted by atomic mass is 35.5. The summed E-state index contributed by atoms with van der Waals surface area (Å²) in [5.74, 6) is 0.221. The molecule has 0 radical (unpaired) electrons. The molecular formula is C20H22Cl2N2OS. The van der Waals surface area contributed by atoms with Gasteiger partial charge in [-0.2, -0.15) is 0 Å². The number of carbonyl (C=O) groups is 1. The van der Waals surface area contributed by atoms with Crippen LogP contribution in [0.15, 0.2) is 53.4 Å². The summed E-state index contributed by atoms with van der Waals surface area (Å²) in [7, 11) is 0. The van der Waals surface area contributed by atoms with Crippen LogP contribution in [0.4, 0.5) is 5.69 Å². The molecule has 2 aromatic rings. The minimum atomic E-state index is -0.0612. The molecule has 1 aliphatic rings. The summed E-state index contributed by atoms with van der Waals surface area (Å²) in [6, 6.07) is 15.6. The first-order valence-corrected chi connectivity index (χ1v) is 10.4. The first kappa shape index (κ1) is 19.4. The van der Waals surface area contributed by atoms with Crippen molar-refractivity contribution in [1.29, 1.82) is 0 Å². The molecule has 2 aromatic carbocycles. The number of anilines is 1. The fourth-order valence-corrected chi connectivity index (χ4v) is 4.40. The van der Waals surface area contributed by atoms with E-state index >= 15 is 0 Å². The van der Waals surface area contributed by atoms with E-state index < -0.39 is 0 Å². The lowest BCUT2D eigenvalue weighted by Crippen LogP contribution is -2.51. The van der Waals surface area contributed by atoms with Gasteiger partial charge in [0.25, 0.3) is 0 Å². The smallest absolute Gasteiger partial charge is 0.236 e. The summed E-state index contributed by atoms with van der Waals surface area (Å²) >= 11 is 13.6. The predicted octanol–water partition coefficient (Wildman–Crippen LogP) is 5.21. The molecule has 1 amide bonds. The fraction of sp³-hybridized carbons (Fsp3) is 0.350. The lowest BCUT2D eigenvalue weighted by molar-refractivity contribution is -0.130. The molecule has 138 valence electrons. The van der Waals surface area contributed by atoms with Gasteiger partial charge in [-0.25, -0.2) is 0 Å². The third-order valence-electron chi connectivity index (χ3n) is 4.50. The van der Waals surface area contributed by atoms with Gasteiger partial charge in [-0.1, -0.05) is 36.2 Å². The topological polar surface area (TPSA) is 23.6 Å². The SMILES string of the molecule is CCC(Sc1ccc(Cl)cc1)C(=O)N1CCN(c2cccc(Cl)c2)CC1. The van der Waals surface area contributed by atoms with Gasteiger partial charge in [-0.3, -0.25) is 4.79 Å². The quantitative estimate of drug-likeness (QED) is 0.634. The number of hydrogen-bond acceptors (Lipinski definition) is 3. The molecule has 1 saturated heterocycles. The Balaban J connectivity index is 1.58. The van der Waals surface area contributed by atoms with E-state index in [1.165, 1.54) is 0 Å². The highest BCUT2D eigenvalue weighted by Crippen LogP contribution is 2.28. The molecule has 6 heteroatoms. The van der Waals surface area contributed by atoms with E-state index in [2.05, 4.69) is 17.9 Å². The van der Waals surface area contributed by atoms with Crippen LogP contribution < -0.4 is 4.90 Å². The van der Waals surface area contributed by atoms with Gasteiger partial charge < -0.3 is 9.80 Å². The van der Waals surface area contributed by atoms with E-state index in [-0.39, 0.29) is 11.2 Å². The van der Waals surface area contributed by atoms with Gasteiger partial charge in [0.2, 0.25) is 5.91 Å². The number of thioether (sulfide) groups is 1. The van der Waals surface area contributed by atoms with Crippen molar-refractivity contribution in [3.05, 3.63) is 58.6 Å². The molecule has 1 atom stereocenters. The summed E-state index contributed by atoms with van der Waals surface area (Å²) < 4.78 is 0. The third-order valence-corrected chi connectivity index (χ3v) is 6.35. The van der Waals surface area contributed by atoms with Crippen molar-refractivity contribution >= 4 is 46.6 Å². The Morgan fingerprint density at radius 2 is 1.73 bits per heavy atom. The lowest BCUT2D eigenvalue weighted by atomic mass is 10.2. The first-order chi connectivity index (χ1) is 12.6. The molecular weight excluding hydrogens is 387 g/mol. The average molecular weight is 409 g/mol. The maximum atomic E-state index is 12.9. The van der Waals surface area contributed by atoms with Gasteiger partial charge in [0.15, 0.2) is 0 Å². The van der Waals surface area contributed by atoms with Gasteiger partial charge in [-0.05, 0) is 48.9 Å². The van der Waals surface area contributed by atoms with Crippen LogP contribution in [0.25, 0.3) is 0 Å². The largest absolute Gasteiger partial charge is 0.368 e. The summed E-state index contributed by atoms with van der Waals surface area (Å²) in [6.45, 7) is 5.20. The Hall–Kier alpha value is -1.36. The molecule has 0 N–H and O–H groups in total. The molecule has 1 fully saturated rings. The number of benzene rings is 2. The van der Waals surface area contributed by atoms with E-state index in [1.54, 1.807) is 11.8 Å². The molecule has 0 aromatic heterocycles. The van der Waals surface area contributed by atoms with Crippen LogP contribution in [0.3, 0.4) is 0 Å². The Kier molecular flexibility index (Phi) is 6.74. The van der Waals surface area contributed by atoms with Crippen molar-refractivity contribution < 1.29 is 4.79 Å². The number of rotatable bonds is 5. The number of nitrogens with zero attached hydrogens (tertiary/aromatic N) is 2. The van der Waals surface area contributed by atoms with Gasteiger partial charge in [0, 0.05) is 46.8 Å². The van der Waals surface area contributed by atoms with Crippen molar-refractivity contribution in [3.63, 3.8) is 0 Å². The van der Waals surface area contributed by atoms with Crippen molar-refractivity contribution in [3.8, 4) is 0 Å². The van der Waals surface area contributed by atoms with E-state index in [0.29, 0.717) is 5.02 Å². The standard InChI is InChI=1S/C20H22Cl2N2OS/c1-2-19(26-18-8-6-15(21)7-9-18)20(25)24-12-10-23(11-13-24)17-5-3-4-16(22)14-17/h3-9,14,19H,2,10-13H2,1H3. The number of amides is 1. The average Bonchev–Trinajstić information content (AvgIpc) is 2.67. The van der Waals surface area contributed by atoms with E-state index in [0.717, 1.165) is 48.2 Å². The van der Waals surface area contributed by atoms with Crippen molar-refractivity contribution in [2.45, 2.75) is 23.5 Å². The molecule has 3 nitrogen and oxygen atoms in total. The Morgan fingerprint density at radius 1 is 1.04 bits per heavy atom. The molecule has 0 saturated carbocycles. The second kappa shape index (κ2) is 9.03. The maximum Gasteiger partial charge on any atom is 0.236 e. The van der Waals surface area contributed by atoms with Crippen LogP contribution in [0, 0.1) is 0 Å². The van der Waals surface area contributed by atoms with Crippen LogP contribution in [0.2, 0.25) is 10.0 Å². The normalized spacial score (nSPS) is 15.8. The van der Waals surface area contributed by atoms with Crippen LogP contribution >= 0.6 is 35.0 Å². The van der Waals surface area contributed by atoms with Gasteiger partial charge in [-0.15, -0.1) is 11.8 Å². The number of carbonyl (C=O) groups excluding carboxylic acids is 1. The van der Waals surface area contributed by atoms with Crippen LogP contribution in [-0.2, 0) is 4.79 Å². The minimum Gasteiger partial charge on any atom is -0.368 e. The number of halogens is 2. The number of hydrogen-bond donors (Lipinski definition) is 0. The molecule has 0 aliphatic carbocycles. The summed E-state index contributed by atoms with van der Waals surface area (Å²) in [4.78, 5) is 18.3. The second-order valence-electron chi connectivity index (χ2n) is 6.26. The Labute approximate surface area is 169 Å². The van der Waals surface area contributed by atoms with E-state index in [9.17, 15) is 4.79 Å². The molecule has 0 bridgehead atoms. The number of piperazine rings is 1. The fourth-order valence-electron chi connectivity index (χ4n) is 3.05. The maximum absolute atomic E-state index is 12.9. The molecule has 1 aliphatic heterocycles. The summed E-state index contributed by atoms with van der Waals surface area (Å²) in [5, 5.41) is 1.39. The third kappa shape index (κ3) is 4.87. The highest BCUT2D eigenvalue weighted by molar-refractivity contribution is 8.00. The van der Waals surface area contributed by atoms with Gasteiger partial charge in [0.05, 0.1) is 5.25 Å². The van der Waals surface area contributed by atoms with Crippen LogP contribution in [0.1, 0.15) is 13.3 Å². The van der Waals surface area contributed by atoms with E-state index in [1.807, 2.05) is 47.4 Å².